The zero-order valence-corrected chi connectivity index (χ0v) is 12.1. The van der Waals surface area contributed by atoms with Gasteiger partial charge in [0.15, 0.2) is 0 Å². The quantitative estimate of drug-likeness (QED) is 0.905. The molecule has 5 nitrogen and oxygen atoms in total. The number of benzene rings is 1. The summed E-state index contributed by atoms with van der Waals surface area (Å²) in [5.74, 6) is -0.837. The molecule has 1 unspecified atom stereocenters. The zero-order valence-electron chi connectivity index (χ0n) is 11.3. The molecule has 7 heteroatoms. The van der Waals surface area contributed by atoms with E-state index in [1.54, 1.807) is 0 Å². The number of sulfonamides is 1. The van der Waals surface area contributed by atoms with Crippen LogP contribution in [0.3, 0.4) is 0 Å². The zero-order chi connectivity index (χ0) is 14.8. The van der Waals surface area contributed by atoms with Gasteiger partial charge in [0.1, 0.15) is 10.7 Å². The predicted molar refractivity (Wildman–Crippen MR) is 71.1 cm³/mol. The predicted octanol–water partition coefficient (Wildman–Crippen LogP) is 1.12. The number of hydrogen-bond acceptors (Lipinski definition) is 4. The number of rotatable bonds is 4. The van der Waals surface area contributed by atoms with Crippen LogP contribution in [-0.2, 0) is 21.4 Å². The van der Waals surface area contributed by atoms with Crippen molar-refractivity contribution in [1.29, 1.82) is 0 Å². The van der Waals surface area contributed by atoms with Crippen molar-refractivity contribution in [1.82, 2.24) is 4.31 Å². The van der Waals surface area contributed by atoms with E-state index in [1.807, 2.05) is 6.92 Å². The van der Waals surface area contributed by atoms with E-state index in [9.17, 15) is 12.8 Å². The fourth-order valence-corrected chi connectivity index (χ4v) is 3.65. The van der Waals surface area contributed by atoms with E-state index >= 15 is 0 Å². The highest BCUT2D eigenvalue weighted by Crippen LogP contribution is 2.23. The molecule has 0 saturated carbocycles. The van der Waals surface area contributed by atoms with Crippen molar-refractivity contribution in [3.05, 3.63) is 29.6 Å². The van der Waals surface area contributed by atoms with Gasteiger partial charge in [0, 0.05) is 13.1 Å². The lowest BCUT2D eigenvalue weighted by atomic mass is 10.2. The normalized spacial score (nSPS) is 21.1. The van der Waals surface area contributed by atoms with E-state index in [0.717, 1.165) is 6.07 Å². The van der Waals surface area contributed by atoms with Crippen LogP contribution in [0.15, 0.2) is 23.1 Å². The summed E-state index contributed by atoms with van der Waals surface area (Å²) in [7, 11) is -3.86. The average Bonchev–Trinajstić information content (AvgIpc) is 2.46. The summed E-state index contributed by atoms with van der Waals surface area (Å²) in [5, 5.41) is 8.93. The minimum Gasteiger partial charge on any atom is -0.392 e. The van der Waals surface area contributed by atoms with Crippen molar-refractivity contribution < 1.29 is 22.7 Å². The number of halogens is 1. The summed E-state index contributed by atoms with van der Waals surface area (Å²) in [6.45, 7) is 2.36. The molecule has 1 aromatic rings. The molecular formula is C13H18FNO4S. The highest BCUT2D eigenvalue weighted by atomic mass is 32.2. The molecule has 1 atom stereocenters. The lowest BCUT2D eigenvalue weighted by molar-refractivity contribution is -0.00283. The van der Waals surface area contributed by atoms with Gasteiger partial charge in [-0.05, 0) is 24.1 Å². The minimum atomic E-state index is -3.86. The van der Waals surface area contributed by atoms with Crippen molar-refractivity contribution in [3.63, 3.8) is 0 Å². The van der Waals surface area contributed by atoms with Crippen LogP contribution < -0.4 is 0 Å². The smallest absolute Gasteiger partial charge is 0.246 e. The van der Waals surface area contributed by atoms with Crippen molar-refractivity contribution in [2.45, 2.75) is 31.0 Å². The average molecular weight is 303 g/mol. The van der Waals surface area contributed by atoms with Crippen LogP contribution in [-0.4, -0.2) is 43.6 Å². The highest BCUT2D eigenvalue weighted by molar-refractivity contribution is 7.89. The van der Waals surface area contributed by atoms with E-state index in [-0.39, 0.29) is 30.7 Å². The molecular weight excluding hydrogens is 285 g/mol. The lowest BCUT2D eigenvalue weighted by Crippen LogP contribution is -2.45. The molecule has 0 bridgehead atoms. The summed E-state index contributed by atoms with van der Waals surface area (Å²) in [6, 6.07) is 3.66. The highest BCUT2D eigenvalue weighted by Gasteiger charge is 2.32. The molecule has 1 N–H and O–H groups in total. The van der Waals surface area contributed by atoms with E-state index in [1.165, 1.54) is 16.4 Å². The summed E-state index contributed by atoms with van der Waals surface area (Å²) in [4.78, 5) is -0.355. The van der Waals surface area contributed by atoms with Gasteiger partial charge in [-0.25, -0.2) is 12.8 Å². The Labute approximate surface area is 118 Å². The van der Waals surface area contributed by atoms with Crippen molar-refractivity contribution in [3.8, 4) is 0 Å². The van der Waals surface area contributed by atoms with Crippen LogP contribution in [0.4, 0.5) is 4.39 Å². The number of nitrogens with zero attached hydrogens (tertiary/aromatic N) is 1. The SMILES string of the molecule is CCC1CN(S(=O)(=O)c2ccc(CO)cc2F)CCO1. The van der Waals surface area contributed by atoms with Crippen LogP contribution in [0.2, 0.25) is 0 Å². The molecule has 0 aromatic heterocycles. The van der Waals surface area contributed by atoms with Crippen molar-refractivity contribution in [2.24, 2.45) is 0 Å². The van der Waals surface area contributed by atoms with Crippen LogP contribution in [0, 0.1) is 5.82 Å². The first-order valence-corrected chi connectivity index (χ1v) is 7.94. The van der Waals surface area contributed by atoms with E-state index in [4.69, 9.17) is 9.84 Å². The molecule has 2 rings (SSSR count). The second-order valence-electron chi connectivity index (χ2n) is 4.69. The molecule has 0 radical (unpaired) electrons. The Kier molecular flexibility index (Phi) is 4.74. The fourth-order valence-electron chi connectivity index (χ4n) is 2.15. The van der Waals surface area contributed by atoms with Gasteiger partial charge in [-0.1, -0.05) is 13.0 Å². The van der Waals surface area contributed by atoms with Gasteiger partial charge >= 0.3 is 0 Å². The first kappa shape index (κ1) is 15.4. The van der Waals surface area contributed by atoms with Gasteiger partial charge in [-0.15, -0.1) is 0 Å². The van der Waals surface area contributed by atoms with Crippen LogP contribution in [0.25, 0.3) is 0 Å². The molecule has 1 saturated heterocycles. The summed E-state index contributed by atoms with van der Waals surface area (Å²) >= 11 is 0. The largest absolute Gasteiger partial charge is 0.392 e. The second-order valence-corrected chi connectivity index (χ2v) is 6.59. The maximum absolute atomic E-state index is 13.9. The molecule has 0 spiro atoms. The van der Waals surface area contributed by atoms with Gasteiger partial charge < -0.3 is 9.84 Å². The Morgan fingerprint density at radius 2 is 2.25 bits per heavy atom. The van der Waals surface area contributed by atoms with Crippen molar-refractivity contribution in [2.75, 3.05) is 19.7 Å². The minimum absolute atomic E-state index is 0.154. The Morgan fingerprint density at radius 3 is 2.85 bits per heavy atom. The van der Waals surface area contributed by atoms with E-state index in [0.29, 0.717) is 18.6 Å². The third-order valence-corrected chi connectivity index (χ3v) is 5.25. The Hall–Kier alpha value is -1.02. The van der Waals surface area contributed by atoms with Crippen LogP contribution in [0.5, 0.6) is 0 Å². The molecule has 0 amide bonds. The maximum Gasteiger partial charge on any atom is 0.246 e. The number of aliphatic hydroxyl groups excluding tert-OH is 1. The molecule has 1 aromatic carbocycles. The molecule has 1 aliphatic rings. The monoisotopic (exact) mass is 303 g/mol. The molecule has 20 heavy (non-hydrogen) atoms. The van der Waals surface area contributed by atoms with Gasteiger partial charge in [-0.2, -0.15) is 4.31 Å². The van der Waals surface area contributed by atoms with Gasteiger partial charge in [-0.3, -0.25) is 0 Å². The number of aliphatic hydroxyl groups is 1. The summed E-state index contributed by atoms with van der Waals surface area (Å²) in [6.07, 6.45) is 0.552. The third-order valence-electron chi connectivity index (χ3n) is 3.35. The van der Waals surface area contributed by atoms with Crippen LogP contribution in [0.1, 0.15) is 18.9 Å². The Bertz CT molecular complexity index is 576. The topological polar surface area (TPSA) is 66.8 Å². The molecule has 1 fully saturated rings. The lowest BCUT2D eigenvalue weighted by Gasteiger charge is -2.31. The van der Waals surface area contributed by atoms with Gasteiger partial charge in [0.2, 0.25) is 10.0 Å². The standard InChI is InChI=1S/C13H18FNO4S/c1-2-11-8-15(5-6-19-11)20(17,18)13-4-3-10(9-16)7-12(13)14/h3-4,7,11,16H,2,5-6,8-9H2,1H3. The molecule has 112 valence electrons. The van der Waals surface area contributed by atoms with Crippen molar-refractivity contribution >= 4 is 10.0 Å². The number of hydrogen-bond donors (Lipinski definition) is 1. The molecule has 1 heterocycles. The van der Waals surface area contributed by atoms with Crippen LogP contribution >= 0.6 is 0 Å². The summed E-state index contributed by atoms with van der Waals surface area (Å²) < 4.78 is 45.5. The molecule has 0 aliphatic carbocycles. The Morgan fingerprint density at radius 1 is 1.50 bits per heavy atom. The van der Waals surface area contributed by atoms with Gasteiger partial charge in [0.25, 0.3) is 0 Å². The van der Waals surface area contributed by atoms with E-state index < -0.39 is 15.8 Å². The first-order chi connectivity index (χ1) is 9.48. The van der Waals surface area contributed by atoms with E-state index in [2.05, 4.69) is 0 Å². The molecule has 1 aliphatic heterocycles. The second kappa shape index (κ2) is 6.17. The maximum atomic E-state index is 13.9. The number of ether oxygens (including phenoxy) is 1. The summed E-state index contributed by atoms with van der Waals surface area (Å²) in [5.41, 5.74) is 0.342. The van der Waals surface area contributed by atoms with Gasteiger partial charge in [0.05, 0.1) is 19.3 Å². The first-order valence-electron chi connectivity index (χ1n) is 6.50. The third kappa shape index (κ3) is 3.01. The number of morpholine rings is 1. The Balaban J connectivity index is 2.30. The fraction of sp³-hybridized carbons (Fsp3) is 0.538.